The Morgan fingerprint density at radius 2 is 1.89 bits per heavy atom. The Labute approximate surface area is 114 Å². The zero-order valence-electron chi connectivity index (χ0n) is 11.6. The summed E-state index contributed by atoms with van der Waals surface area (Å²) in [7, 11) is 0. The van der Waals surface area contributed by atoms with Gasteiger partial charge in [0.05, 0.1) is 0 Å². The van der Waals surface area contributed by atoms with Crippen molar-refractivity contribution in [3.8, 4) is 0 Å². The van der Waals surface area contributed by atoms with E-state index in [0.717, 1.165) is 50.9 Å². The second kappa shape index (κ2) is 6.80. The number of carbonyl (C=O) groups is 1. The highest BCUT2D eigenvalue weighted by molar-refractivity contribution is 5.81. The van der Waals surface area contributed by atoms with Crippen LogP contribution in [-0.2, 0) is 11.3 Å². The van der Waals surface area contributed by atoms with Crippen LogP contribution in [0.25, 0.3) is 0 Å². The SMILES string of the molecule is CCCC(=O)C1CCN(Cc2ccc(F)cc2)CC1. The monoisotopic (exact) mass is 263 g/mol. The molecule has 104 valence electrons. The van der Waals surface area contributed by atoms with E-state index in [-0.39, 0.29) is 11.7 Å². The third-order valence-electron chi connectivity index (χ3n) is 3.86. The number of piperidine rings is 1. The second-order valence-corrected chi connectivity index (χ2v) is 5.39. The highest BCUT2D eigenvalue weighted by Crippen LogP contribution is 2.21. The molecule has 1 aromatic rings. The molecular formula is C16H22FNO. The van der Waals surface area contributed by atoms with Gasteiger partial charge in [-0.3, -0.25) is 9.69 Å². The Morgan fingerprint density at radius 1 is 1.26 bits per heavy atom. The van der Waals surface area contributed by atoms with Gasteiger partial charge >= 0.3 is 0 Å². The molecule has 19 heavy (non-hydrogen) atoms. The van der Waals surface area contributed by atoms with Crippen molar-refractivity contribution >= 4 is 5.78 Å². The summed E-state index contributed by atoms with van der Waals surface area (Å²) in [4.78, 5) is 14.2. The van der Waals surface area contributed by atoms with E-state index in [1.54, 1.807) is 0 Å². The maximum Gasteiger partial charge on any atom is 0.136 e. The first-order chi connectivity index (χ1) is 9.19. The number of carbonyl (C=O) groups excluding carboxylic acids is 1. The predicted octanol–water partition coefficient (Wildman–Crippen LogP) is 3.41. The maximum atomic E-state index is 12.8. The summed E-state index contributed by atoms with van der Waals surface area (Å²) in [6.45, 7) is 4.85. The zero-order chi connectivity index (χ0) is 13.7. The minimum absolute atomic E-state index is 0.187. The molecule has 0 saturated carbocycles. The summed E-state index contributed by atoms with van der Waals surface area (Å²) in [5.74, 6) is 0.515. The van der Waals surface area contributed by atoms with Crippen LogP contribution in [0.3, 0.4) is 0 Å². The zero-order valence-corrected chi connectivity index (χ0v) is 11.6. The number of nitrogens with zero attached hydrogens (tertiary/aromatic N) is 1. The van der Waals surface area contributed by atoms with Crippen molar-refractivity contribution in [3.05, 3.63) is 35.6 Å². The number of hydrogen-bond acceptors (Lipinski definition) is 2. The first-order valence-electron chi connectivity index (χ1n) is 7.18. The van der Waals surface area contributed by atoms with Gasteiger partial charge in [-0.2, -0.15) is 0 Å². The first-order valence-corrected chi connectivity index (χ1v) is 7.18. The molecule has 0 radical (unpaired) electrons. The largest absolute Gasteiger partial charge is 0.299 e. The van der Waals surface area contributed by atoms with Crippen LogP contribution in [-0.4, -0.2) is 23.8 Å². The lowest BCUT2D eigenvalue weighted by Gasteiger charge is -2.31. The van der Waals surface area contributed by atoms with Crippen LogP contribution in [0.1, 0.15) is 38.2 Å². The van der Waals surface area contributed by atoms with Crippen molar-refractivity contribution in [2.75, 3.05) is 13.1 Å². The number of ketones is 1. The molecule has 2 nitrogen and oxygen atoms in total. The van der Waals surface area contributed by atoms with Crippen LogP contribution in [0.4, 0.5) is 4.39 Å². The molecule has 1 heterocycles. The van der Waals surface area contributed by atoms with E-state index in [0.29, 0.717) is 5.78 Å². The number of benzene rings is 1. The number of Topliss-reactive ketones (excluding diaryl/α,β-unsaturated/α-hetero) is 1. The summed E-state index contributed by atoms with van der Waals surface area (Å²) in [6.07, 6.45) is 3.62. The number of likely N-dealkylation sites (tertiary alicyclic amines) is 1. The van der Waals surface area contributed by atoms with Gasteiger partial charge in [-0.1, -0.05) is 19.1 Å². The molecule has 2 rings (SSSR count). The molecule has 0 spiro atoms. The van der Waals surface area contributed by atoms with Gasteiger partial charge in [-0.05, 0) is 50.0 Å². The summed E-state index contributed by atoms with van der Waals surface area (Å²) < 4.78 is 12.8. The Bertz CT molecular complexity index is 407. The average Bonchev–Trinajstić information content (AvgIpc) is 2.42. The number of rotatable bonds is 5. The van der Waals surface area contributed by atoms with Gasteiger partial charge in [0.25, 0.3) is 0 Å². The lowest BCUT2D eigenvalue weighted by molar-refractivity contribution is -0.124. The van der Waals surface area contributed by atoms with Crippen molar-refractivity contribution in [1.82, 2.24) is 4.90 Å². The fourth-order valence-corrected chi connectivity index (χ4v) is 2.71. The van der Waals surface area contributed by atoms with Gasteiger partial charge in [0.2, 0.25) is 0 Å². The van der Waals surface area contributed by atoms with Crippen molar-refractivity contribution in [3.63, 3.8) is 0 Å². The smallest absolute Gasteiger partial charge is 0.136 e. The molecule has 0 N–H and O–H groups in total. The molecule has 1 aliphatic rings. The molecule has 0 amide bonds. The second-order valence-electron chi connectivity index (χ2n) is 5.39. The number of halogens is 1. The summed E-state index contributed by atoms with van der Waals surface area (Å²) in [6, 6.07) is 6.69. The van der Waals surface area contributed by atoms with E-state index in [4.69, 9.17) is 0 Å². The van der Waals surface area contributed by atoms with Crippen molar-refractivity contribution < 1.29 is 9.18 Å². The van der Waals surface area contributed by atoms with E-state index in [1.165, 1.54) is 12.1 Å². The minimum atomic E-state index is -0.187. The van der Waals surface area contributed by atoms with Gasteiger partial charge in [-0.15, -0.1) is 0 Å². The fraction of sp³-hybridized carbons (Fsp3) is 0.562. The molecule has 0 unspecified atom stereocenters. The third kappa shape index (κ3) is 4.13. The van der Waals surface area contributed by atoms with E-state index in [2.05, 4.69) is 11.8 Å². The highest BCUT2D eigenvalue weighted by Gasteiger charge is 2.23. The Morgan fingerprint density at radius 3 is 2.47 bits per heavy atom. The van der Waals surface area contributed by atoms with Crippen molar-refractivity contribution in [2.24, 2.45) is 5.92 Å². The lowest BCUT2D eigenvalue weighted by Crippen LogP contribution is -2.35. The van der Waals surface area contributed by atoms with E-state index < -0.39 is 0 Å². The fourth-order valence-electron chi connectivity index (χ4n) is 2.71. The number of hydrogen-bond donors (Lipinski definition) is 0. The van der Waals surface area contributed by atoms with Crippen LogP contribution >= 0.6 is 0 Å². The van der Waals surface area contributed by atoms with Crippen LogP contribution in [0, 0.1) is 11.7 Å². The standard InChI is InChI=1S/C16H22FNO/c1-2-3-16(19)14-8-10-18(11-9-14)12-13-4-6-15(17)7-5-13/h4-7,14H,2-3,8-12H2,1H3. The van der Waals surface area contributed by atoms with Crippen LogP contribution < -0.4 is 0 Å². The molecule has 0 bridgehead atoms. The van der Waals surface area contributed by atoms with Crippen LogP contribution in [0.15, 0.2) is 24.3 Å². The maximum absolute atomic E-state index is 12.8. The molecule has 1 fully saturated rings. The highest BCUT2D eigenvalue weighted by atomic mass is 19.1. The first kappa shape index (κ1) is 14.2. The quantitative estimate of drug-likeness (QED) is 0.811. The van der Waals surface area contributed by atoms with Gasteiger partial charge in [0.15, 0.2) is 0 Å². The van der Waals surface area contributed by atoms with E-state index in [1.807, 2.05) is 12.1 Å². The van der Waals surface area contributed by atoms with Gasteiger partial charge in [-0.25, -0.2) is 4.39 Å². The van der Waals surface area contributed by atoms with Gasteiger partial charge in [0.1, 0.15) is 11.6 Å². The van der Waals surface area contributed by atoms with Crippen LogP contribution in [0.5, 0.6) is 0 Å². The van der Waals surface area contributed by atoms with Gasteiger partial charge < -0.3 is 0 Å². The molecule has 1 aliphatic heterocycles. The molecule has 0 aliphatic carbocycles. The third-order valence-corrected chi connectivity index (χ3v) is 3.86. The minimum Gasteiger partial charge on any atom is -0.299 e. The van der Waals surface area contributed by atoms with E-state index >= 15 is 0 Å². The average molecular weight is 263 g/mol. The molecule has 0 aromatic heterocycles. The summed E-state index contributed by atoms with van der Waals surface area (Å²) in [5.41, 5.74) is 1.14. The summed E-state index contributed by atoms with van der Waals surface area (Å²) in [5, 5.41) is 0. The van der Waals surface area contributed by atoms with Crippen molar-refractivity contribution in [1.29, 1.82) is 0 Å². The summed E-state index contributed by atoms with van der Waals surface area (Å²) >= 11 is 0. The molecule has 1 aromatic carbocycles. The van der Waals surface area contributed by atoms with Gasteiger partial charge in [0, 0.05) is 18.9 Å². The molecular weight excluding hydrogens is 241 g/mol. The molecule has 0 atom stereocenters. The van der Waals surface area contributed by atoms with Crippen molar-refractivity contribution in [2.45, 2.75) is 39.2 Å². The van der Waals surface area contributed by atoms with E-state index in [9.17, 15) is 9.18 Å². The van der Waals surface area contributed by atoms with Crippen LogP contribution in [0.2, 0.25) is 0 Å². The Kier molecular flexibility index (Phi) is 5.08. The topological polar surface area (TPSA) is 20.3 Å². The Hall–Kier alpha value is -1.22. The Balaban J connectivity index is 1.80. The predicted molar refractivity (Wildman–Crippen MR) is 74.3 cm³/mol. The normalized spacial score (nSPS) is 17.6. The molecule has 3 heteroatoms. The lowest BCUT2D eigenvalue weighted by atomic mass is 9.90. The molecule has 1 saturated heterocycles.